The van der Waals surface area contributed by atoms with Gasteiger partial charge in [-0.05, 0) is 36.8 Å². The average molecular weight is 292 g/mol. The molecular formula is C16H18ClNO2. The Morgan fingerprint density at radius 3 is 2.70 bits per heavy atom. The first-order valence-corrected chi connectivity index (χ1v) is 6.90. The molecule has 0 fully saturated rings. The SMILES string of the molecule is CCOc1cccc(CNc2cc(OC)ccc2Cl)c1. The van der Waals surface area contributed by atoms with Crippen LogP contribution in [-0.4, -0.2) is 13.7 Å². The molecule has 0 aromatic heterocycles. The van der Waals surface area contributed by atoms with Crippen LogP contribution < -0.4 is 14.8 Å². The Labute approximate surface area is 124 Å². The summed E-state index contributed by atoms with van der Waals surface area (Å²) in [5.41, 5.74) is 1.99. The molecule has 0 unspecified atom stereocenters. The molecule has 0 saturated carbocycles. The minimum absolute atomic E-state index is 0.665. The third-order valence-electron chi connectivity index (χ3n) is 2.87. The highest BCUT2D eigenvalue weighted by atomic mass is 35.5. The summed E-state index contributed by atoms with van der Waals surface area (Å²) >= 11 is 6.16. The maximum atomic E-state index is 6.16. The second kappa shape index (κ2) is 7.06. The summed E-state index contributed by atoms with van der Waals surface area (Å²) in [5.74, 6) is 1.66. The van der Waals surface area contributed by atoms with E-state index in [1.165, 1.54) is 0 Å². The van der Waals surface area contributed by atoms with Crippen molar-refractivity contribution in [2.75, 3.05) is 19.0 Å². The van der Waals surface area contributed by atoms with Crippen LogP contribution in [0.1, 0.15) is 12.5 Å². The standard InChI is InChI=1S/C16H18ClNO2/c1-3-20-14-6-4-5-12(9-14)11-18-16-10-13(19-2)7-8-15(16)17/h4-10,18H,3,11H2,1-2H3. The lowest BCUT2D eigenvalue weighted by Gasteiger charge is -2.11. The number of hydrogen-bond donors (Lipinski definition) is 1. The van der Waals surface area contributed by atoms with Gasteiger partial charge in [0, 0.05) is 12.6 Å². The van der Waals surface area contributed by atoms with Gasteiger partial charge in [0.25, 0.3) is 0 Å². The summed E-state index contributed by atoms with van der Waals surface area (Å²) < 4.78 is 10.7. The average Bonchev–Trinajstić information content (AvgIpc) is 2.47. The molecule has 0 heterocycles. The van der Waals surface area contributed by atoms with Gasteiger partial charge >= 0.3 is 0 Å². The van der Waals surface area contributed by atoms with Crippen molar-refractivity contribution in [1.29, 1.82) is 0 Å². The molecule has 106 valence electrons. The Balaban J connectivity index is 2.06. The van der Waals surface area contributed by atoms with Crippen LogP contribution in [0.2, 0.25) is 5.02 Å². The highest BCUT2D eigenvalue weighted by Crippen LogP contribution is 2.27. The topological polar surface area (TPSA) is 30.5 Å². The Morgan fingerprint density at radius 2 is 1.95 bits per heavy atom. The van der Waals surface area contributed by atoms with Crippen molar-refractivity contribution in [2.45, 2.75) is 13.5 Å². The van der Waals surface area contributed by atoms with E-state index in [4.69, 9.17) is 21.1 Å². The molecule has 0 atom stereocenters. The number of benzene rings is 2. The first kappa shape index (κ1) is 14.5. The van der Waals surface area contributed by atoms with E-state index in [0.29, 0.717) is 18.2 Å². The molecule has 0 aliphatic carbocycles. The van der Waals surface area contributed by atoms with Gasteiger partial charge in [-0.25, -0.2) is 0 Å². The van der Waals surface area contributed by atoms with Crippen molar-refractivity contribution in [3.63, 3.8) is 0 Å². The maximum Gasteiger partial charge on any atom is 0.121 e. The Kier molecular flexibility index (Phi) is 5.13. The van der Waals surface area contributed by atoms with Crippen molar-refractivity contribution in [1.82, 2.24) is 0 Å². The minimum Gasteiger partial charge on any atom is -0.497 e. The van der Waals surface area contributed by atoms with E-state index in [-0.39, 0.29) is 0 Å². The molecular weight excluding hydrogens is 274 g/mol. The molecule has 0 saturated heterocycles. The van der Waals surface area contributed by atoms with Crippen molar-refractivity contribution >= 4 is 17.3 Å². The van der Waals surface area contributed by atoms with Gasteiger partial charge in [-0.1, -0.05) is 23.7 Å². The second-order valence-corrected chi connectivity index (χ2v) is 4.69. The molecule has 20 heavy (non-hydrogen) atoms. The molecule has 2 aromatic carbocycles. The van der Waals surface area contributed by atoms with Crippen LogP contribution in [0.3, 0.4) is 0 Å². The molecule has 0 amide bonds. The molecule has 2 aromatic rings. The van der Waals surface area contributed by atoms with Crippen molar-refractivity contribution in [2.24, 2.45) is 0 Å². The fourth-order valence-electron chi connectivity index (χ4n) is 1.88. The van der Waals surface area contributed by atoms with Crippen LogP contribution in [0, 0.1) is 0 Å². The highest BCUT2D eigenvalue weighted by molar-refractivity contribution is 6.33. The molecule has 3 nitrogen and oxygen atoms in total. The van der Waals surface area contributed by atoms with E-state index in [2.05, 4.69) is 5.32 Å². The molecule has 2 rings (SSSR count). The summed E-state index contributed by atoms with van der Waals surface area (Å²) in [6.45, 7) is 3.31. The van der Waals surface area contributed by atoms with Crippen LogP contribution in [-0.2, 0) is 6.54 Å². The smallest absolute Gasteiger partial charge is 0.121 e. The van der Waals surface area contributed by atoms with Crippen LogP contribution in [0.15, 0.2) is 42.5 Å². The first-order chi connectivity index (χ1) is 9.72. The molecule has 0 spiro atoms. The lowest BCUT2D eigenvalue weighted by molar-refractivity contribution is 0.340. The summed E-state index contributed by atoms with van der Waals surface area (Å²) in [6, 6.07) is 13.5. The van der Waals surface area contributed by atoms with Crippen molar-refractivity contribution < 1.29 is 9.47 Å². The van der Waals surface area contributed by atoms with E-state index >= 15 is 0 Å². The van der Waals surface area contributed by atoms with Gasteiger partial charge < -0.3 is 14.8 Å². The van der Waals surface area contributed by atoms with Crippen LogP contribution in [0.4, 0.5) is 5.69 Å². The lowest BCUT2D eigenvalue weighted by atomic mass is 10.2. The van der Waals surface area contributed by atoms with E-state index in [0.717, 1.165) is 22.7 Å². The molecule has 0 aliphatic rings. The van der Waals surface area contributed by atoms with E-state index in [1.807, 2.05) is 49.4 Å². The number of ether oxygens (including phenoxy) is 2. The third-order valence-corrected chi connectivity index (χ3v) is 3.20. The zero-order valence-corrected chi connectivity index (χ0v) is 12.4. The molecule has 1 N–H and O–H groups in total. The van der Waals surface area contributed by atoms with Crippen molar-refractivity contribution in [3.05, 3.63) is 53.1 Å². The highest BCUT2D eigenvalue weighted by Gasteiger charge is 2.03. The molecule has 0 bridgehead atoms. The van der Waals surface area contributed by atoms with Gasteiger partial charge in [0.05, 0.1) is 24.4 Å². The summed E-state index contributed by atoms with van der Waals surface area (Å²) in [7, 11) is 1.64. The summed E-state index contributed by atoms with van der Waals surface area (Å²) in [4.78, 5) is 0. The molecule has 4 heteroatoms. The minimum atomic E-state index is 0.665. The molecule has 0 aliphatic heterocycles. The van der Waals surface area contributed by atoms with Gasteiger partial charge in [0.15, 0.2) is 0 Å². The predicted molar refractivity (Wildman–Crippen MR) is 82.9 cm³/mol. The van der Waals surface area contributed by atoms with Crippen LogP contribution >= 0.6 is 11.6 Å². The quantitative estimate of drug-likeness (QED) is 0.858. The molecule has 0 radical (unpaired) electrons. The monoisotopic (exact) mass is 291 g/mol. The predicted octanol–water partition coefficient (Wildman–Crippen LogP) is 4.36. The van der Waals surface area contributed by atoms with Gasteiger partial charge in [0.2, 0.25) is 0 Å². The van der Waals surface area contributed by atoms with Crippen molar-refractivity contribution in [3.8, 4) is 11.5 Å². The number of halogens is 1. The second-order valence-electron chi connectivity index (χ2n) is 4.28. The summed E-state index contributed by atoms with van der Waals surface area (Å²) in [5, 5.41) is 3.98. The van der Waals surface area contributed by atoms with E-state index in [9.17, 15) is 0 Å². The first-order valence-electron chi connectivity index (χ1n) is 6.52. The number of methoxy groups -OCH3 is 1. The van der Waals surface area contributed by atoms with Gasteiger partial charge in [-0.3, -0.25) is 0 Å². The fraction of sp³-hybridized carbons (Fsp3) is 0.250. The van der Waals surface area contributed by atoms with Gasteiger partial charge in [-0.15, -0.1) is 0 Å². The fourth-order valence-corrected chi connectivity index (χ4v) is 2.06. The van der Waals surface area contributed by atoms with Crippen LogP contribution in [0.25, 0.3) is 0 Å². The Bertz CT molecular complexity index is 572. The number of anilines is 1. The maximum absolute atomic E-state index is 6.16. The zero-order chi connectivity index (χ0) is 14.4. The van der Waals surface area contributed by atoms with E-state index < -0.39 is 0 Å². The summed E-state index contributed by atoms with van der Waals surface area (Å²) in [6.07, 6.45) is 0. The van der Waals surface area contributed by atoms with Gasteiger partial charge in [0.1, 0.15) is 11.5 Å². The lowest BCUT2D eigenvalue weighted by Crippen LogP contribution is -2.01. The number of nitrogens with one attached hydrogen (secondary N) is 1. The Hall–Kier alpha value is -1.87. The van der Waals surface area contributed by atoms with Gasteiger partial charge in [-0.2, -0.15) is 0 Å². The normalized spacial score (nSPS) is 10.2. The zero-order valence-electron chi connectivity index (χ0n) is 11.7. The number of hydrogen-bond acceptors (Lipinski definition) is 3. The number of rotatable bonds is 6. The largest absolute Gasteiger partial charge is 0.497 e. The third kappa shape index (κ3) is 3.81. The van der Waals surface area contributed by atoms with E-state index in [1.54, 1.807) is 7.11 Å². The van der Waals surface area contributed by atoms with Crippen LogP contribution in [0.5, 0.6) is 11.5 Å². The Morgan fingerprint density at radius 1 is 1.10 bits per heavy atom.